The van der Waals surface area contributed by atoms with Crippen molar-refractivity contribution in [3.8, 4) is 0 Å². The average molecular weight is 262 g/mol. The van der Waals surface area contributed by atoms with Crippen LogP contribution in [0.4, 0.5) is 5.69 Å². The first kappa shape index (κ1) is 13.9. The summed E-state index contributed by atoms with van der Waals surface area (Å²) in [6.45, 7) is 1.67. The van der Waals surface area contributed by atoms with Crippen molar-refractivity contribution in [1.82, 2.24) is 4.90 Å². The molecule has 1 aromatic carbocycles. The van der Waals surface area contributed by atoms with Gasteiger partial charge in [0, 0.05) is 44.6 Å². The van der Waals surface area contributed by atoms with Gasteiger partial charge in [0.25, 0.3) is 5.91 Å². The van der Waals surface area contributed by atoms with Crippen LogP contribution in [-0.2, 0) is 4.74 Å². The number of carbonyl (C=O) groups excluding carboxylic acids is 1. The molecule has 0 saturated carbocycles. The van der Waals surface area contributed by atoms with Gasteiger partial charge in [-0.3, -0.25) is 4.79 Å². The molecule has 2 rings (SSSR count). The summed E-state index contributed by atoms with van der Waals surface area (Å²) >= 11 is 0. The summed E-state index contributed by atoms with van der Waals surface area (Å²) in [7, 11) is 3.54. The van der Waals surface area contributed by atoms with Crippen LogP contribution in [0.1, 0.15) is 29.6 Å². The van der Waals surface area contributed by atoms with Gasteiger partial charge < -0.3 is 15.0 Å². The lowest BCUT2D eigenvalue weighted by atomic mass is 10.1. The molecular weight excluding hydrogens is 240 g/mol. The number of nitrogens with zero attached hydrogens (tertiary/aromatic N) is 1. The molecule has 104 valence electrons. The number of benzene rings is 1. The Morgan fingerprint density at radius 1 is 1.32 bits per heavy atom. The van der Waals surface area contributed by atoms with Crippen LogP contribution >= 0.6 is 0 Å². The van der Waals surface area contributed by atoms with Gasteiger partial charge in [-0.1, -0.05) is 6.07 Å². The molecule has 1 fully saturated rings. The molecule has 0 aliphatic carbocycles. The zero-order chi connectivity index (χ0) is 13.7. The third-order valence-corrected chi connectivity index (χ3v) is 3.34. The normalized spacial score (nSPS) is 19.6. The predicted octanol–water partition coefficient (Wildman–Crippen LogP) is 2.37. The molecule has 1 saturated heterocycles. The fourth-order valence-electron chi connectivity index (χ4n) is 2.28. The van der Waals surface area contributed by atoms with Gasteiger partial charge in [-0.25, -0.2) is 0 Å². The molecule has 1 aromatic rings. The summed E-state index contributed by atoms with van der Waals surface area (Å²) in [5.41, 5.74) is 1.74. The van der Waals surface area contributed by atoms with E-state index in [0.29, 0.717) is 6.04 Å². The standard InChI is InChI=1S/C15H22N2O2/c1-17(2)15(18)12-5-3-6-14(11-12)16-13-7-4-9-19-10-8-13/h3,5-6,11,13,16H,4,7-10H2,1-2H3. The Kier molecular flexibility index (Phi) is 4.80. The van der Waals surface area contributed by atoms with Crippen molar-refractivity contribution < 1.29 is 9.53 Å². The number of ether oxygens (including phenoxy) is 1. The Balaban J connectivity index is 2.04. The van der Waals surface area contributed by atoms with Crippen molar-refractivity contribution in [2.24, 2.45) is 0 Å². The zero-order valence-corrected chi connectivity index (χ0v) is 11.7. The van der Waals surface area contributed by atoms with E-state index in [0.717, 1.165) is 43.7 Å². The number of hydrogen-bond acceptors (Lipinski definition) is 3. The second-order valence-electron chi connectivity index (χ2n) is 5.16. The number of anilines is 1. The monoisotopic (exact) mass is 262 g/mol. The molecule has 1 atom stereocenters. The molecule has 1 aliphatic rings. The molecule has 0 radical (unpaired) electrons. The third-order valence-electron chi connectivity index (χ3n) is 3.34. The molecule has 4 heteroatoms. The zero-order valence-electron chi connectivity index (χ0n) is 11.7. The lowest BCUT2D eigenvalue weighted by molar-refractivity contribution is 0.0827. The lowest BCUT2D eigenvalue weighted by Gasteiger charge is -2.18. The maximum absolute atomic E-state index is 11.9. The molecule has 1 heterocycles. The molecule has 1 N–H and O–H groups in total. The molecule has 0 aromatic heterocycles. The molecule has 0 bridgehead atoms. The van der Waals surface area contributed by atoms with E-state index in [4.69, 9.17) is 4.74 Å². The average Bonchev–Trinajstić information content (AvgIpc) is 2.66. The first-order chi connectivity index (χ1) is 9.16. The van der Waals surface area contributed by atoms with Crippen molar-refractivity contribution in [2.75, 3.05) is 32.6 Å². The number of amides is 1. The minimum Gasteiger partial charge on any atom is -0.382 e. The number of rotatable bonds is 3. The van der Waals surface area contributed by atoms with E-state index in [2.05, 4.69) is 5.32 Å². The highest BCUT2D eigenvalue weighted by Gasteiger charge is 2.13. The number of hydrogen-bond donors (Lipinski definition) is 1. The van der Waals surface area contributed by atoms with Gasteiger partial charge in [0.15, 0.2) is 0 Å². The first-order valence-corrected chi connectivity index (χ1v) is 6.83. The van der Waals surface area contributed by atoms with Crippen molar-refractivity contribution in [1.29, 1.82) is 0 Å². The number of carbonyl (C=O) groups is 1. The van der Waals surface area contributed by atoms with Crippen LogP contribution in [0.2, 0.25) is 0 Å². The second-order valence-corrected chi connectivity index (χ2v) is 5.16. The summed E-state index contributed by atoms with van der Waals surface area (Å²) < 4.78 is 5.46. The van der Waals surface area contributed by atoms with E-state index in [-0.39, 0.29) is 5.91 Å². The Labute approximate surface area is 114 Å². The first-order valence-electron chi connectivity index (χ1n) is 6.83. The molecule has 4 nitrogen and oxygen atoms in total. The molecule has 1 unspecified atom stereocenters. The van der Waals surface area contributed by atoms with E-state index in [1.54, 1.807) is 19.0 Å². The third kappa shape index (κ3) is 3.96. The van der Waals surface area contributed by atoms with Crippen molar-refractivity contribution in [2.45, 2.75) is 25.3 Å². The van der Waals surface area contributed by atoms with Crippen LogP contribution in [-0.4, -0.2) is 44.2 Å². The van der Waals surface area contributed by atoms with Crippen LogP contribution in [0.5, 0.6) is 0 Å². The molecular formula is C15H22N2O2. The van der Waals surface area contributed by atoms with Gasteiger partial charge in [-0.05, 0) is 37.5 Å². The van der Waals surface area contributed by atoms with Crippen LogP contribution in [0.15, 0.2) is 24.3 Å². The number of nitrogens with one attached hydrogen (secondary N) is 1. The van der Waals surface area contributed by atoms with E-state index < -0.39 is 0 Å². The Bertz CT molecular complexity index is 424. The minimum atomic E-state index is 0.0350. The topological polar surface area (TPSA) is 41.6 Å². The SMILES string of the molecule is CN(C)C(=O)c1cccc(NC2CCCOCC2)c1. The maximum Gasteiger partial charge on any atom is 0.253 e. The molecule has 0 spiro atoms. The van der Waals surface area contributed by atoms with Gasteiger partial charge in [0.1, 0.15) is 0 Å². The summed E-state index contributed by atoms with van der Waals surface area (Å²) in [6.07, 6.45) is 3.23. The summed E-state index contributed by atoms with van der Waals surface area (Å²) in [5.74, 6) is 0.0350. The molecule has 1 amide bonds. The smallest absolute Gasteiger partial charge is 0.253 e. The summed E-state index contributed by atoms with van der Waals surface area (Å²) in [6, 6.07) is 8.15. The van der Waals surface area contributed by atoms with Crippen molar-refractivity contribution >= 4 is 11.6 Å². The lowest BCUT2D eigenvalue weighted by Crippen LogP contribution is -2.22. The van der Waals surface area contributed by atoms with Gasteiger partial charge in [-0.15, -0.1) is 0 Å². The van der Waals surface area contributed by atoms with Gasteiger partial charge in [-0.2, -0.15) is 0 Å². The fraction of sp³-hybridized carbons (Fsp3) is 0.533. The van der Waals surface area contributed by atoms with Crippen LogP contribution in [0.3, 0.4) is 0 Å². The second kappa shape index (κ2) is 6.57. The highest BCUT2D eigenvalue weighted by Crippen LogP contribution is 2.17. The quantitative estimate of drug-likeness (QED) is 0.909. The van der Waals surface area contributed by atoms with E-state index in [1.165, 1.54) is 0 Å². The Morgan fingerprint density at radius 2 is 2.16 bits per heavy atom. The predicted molar refractivity (Wildman–Crippen MR) is 76.5 cm³/mol. The van der Waals surface area contributed by atoms with Gasteiger partial charge in [0.05, 0.1) is 0 Å². The van der Waals surface area contributed by atoms with Gasteiger partial charge >= 0.3 is 0 Å². The van der Waals surface area contributed by atoms with Crippen LogP contribution in [0, 0.1) is 0 Å². The van der Waals surface area contributed by atoms with Crippen molar-refractivity contribution in [3.63, 3.8) is 0 Å². The van der Waals surface area contributed by atoms with Crippen LogP contribution in [0.25, 0.3) is 0 Å². The van der Waals surface area contributed by atoms with Gasteiger partial charge in [0.2, 0.25) is 0 Å². The minimum absolute atomic E-state index is 0.0350. The molecule has 1 aliphatic heterocycles. The highest BCUT2D eigenvalue weighted by molar-refractivity contribution is 5.94. The summed E-state index contributed by atoms with van der Waals surface area (Å²) in [5, 5.41) is 3.50. The Hall–Kier alpha value is -1.55. The maximum atomic E-state index is 11.9. The van der Waals surface area contributed by atoms with E-state index in [9.17, 15) is 4.79 Å². The largest absolute Gasteiger partial charge is 0.382 e. The fourth-order valence-corrected chi connectivity index (χ4v) is 2.28. The summed E-state index contributed by atoms with van der Waals surface area (Å²) in [4.78, 5) is 13.5. The van der Waals surface area contributed by atoms with E-state index in [1.807, 2.05) is 24.3 Å². The van der Waals surface area contributed by atoms with Crippen molar-refractivity contribution in [3.05, 3.63) is 29.8 Å². The van der Waals surface area contributed by atoms with Crippen LogP contribution < -0.4 is 5.32 Å². The van der Waals surface area contributed by atoms with E-state index >= 15 is 0 Å². The Morgan fingerprint density at radius 3 is 2.95 bits per heavy atom. The molecule has 19 heavy (non-hydrogen) atoms. The highest BCUT2D eigenvalue weighted by atomic mass is 16.5.